The van der Waals surface area contributed by atoms with E-state index in [2.05, 4.69) is 21.0 Å². The third-order valence-electron chi connectivity index (χ3n) is 1.57. The number of hydrogen-bond donors (Lipinski definition) is 0. The minimum atomic E-state index is -2.28. The van der Waals surface area contributed by atoms with Gasteiger partial charge in [0.2, 0.25) is 0 Å². The lowest BCUT2D eigenvalue weighted by Gasteiger charge is -1.92. The molecule has 0 spiro atoms. The zero-order valence-corrected chi connectivity index (χ0v) is 8.22. The second kappa shape index (κ2) is 2.75. The van der Waals surface area contributed by atoms with E-state index < -0.39 is 6.98 Å². The normalized spacial score (nSPS) is 15.7. The van der Waals surface area contributed by atoms with Gasteiger partial charge in [-0.15, -0.1) is 0 Å². The molecule has 0 aliphatic carbocycles. The summed E-state index contributed by atoms with van der Waals surface area (Å²) < 4.78 is 23.4. The largest absolute Gasteiger partial charge is 0.275 e. The monoisotopic (exact) mass is 247 g/mol. The van der Waals surface area contributed by atoms with Crippen molar-refractivity contribution in [3.8, 4) is 0 Å². The fraction of sp³-hybridized carbons (Fsp3) is 0.125. The van der Waals surface area contributed by atoms with E-state index in [0.717, 1.165) is 9.15 Å². The van der Waals surface area contributed by atoms with Crippen LogP contribution in [0.4, 0.5) is 0 Å². The van der Waals surface area contributed by atoms with Gasteiger partial charge < -0.3 is 0 Å². The molecule has 12 heavy (non-hydrogen) atoms. The van der Waals surface area contributed by atoms with Gasteiger partial charge in [0.15, 0.2) is 0 Å². The zero-order chi connectivity index (χ0) is 11.2. The summed E-state index contributed by atoms with van der Waals surface area (Å²) in [7, 11) is 0. The molecular weight excluding hydrogens is 239 g/mol. The van der Waals surface area contributed by atoms with E-state index in [-0.39, 0.29) is 0 Å². The topological polar surface area (TPSA) is 17.8 Å². The van der Waals surface area contributed by atoms with Crippen LogP contribution in [-0.4, -0.2) is 9.78 Å². The number of benzene rings is 1. The van der Waals surface area contributed by atoms with Gasteiger partial charge in [0.1, 0.15) is 5.52 Å². The number of aryl methyl sites for hydroxylation is 1. The van der Waals surface area contributed by atoms with Gasteiger partial charge in [0.25, 0.3) is 0 Å². The minimum absolute atomic E-state index is 0.441. The summed E-state index contributed by atoms with van der Waals surface area (Å²) in [6, 6.07) is 3.43. The molecule has 0 N–H and O–H groups in total. The molecular formula is C8H6BrClN2. The van der Waals surface area contributed by atoms with Crippen molar-refractivity contribution in [1.82, 2.24) is 9.78 Å². The first-order chi connectivity index (χ1) is 6.89. The lowest BCUT2D eigenvalue weighted by atomic mass is 10.3. The van der Waals surface area contributed by atoms with Crippen molar-refractivity contribution >= 4 is 38.4 Å². The predicted molar refractivity (Wildman–Crippen MR) is 53.4 cm³/mol. The van der Waals surface area contributed by atoms with E-state index in [4.69, 9.17) is 15.7 Å². The number of fused-ring (bicyclic) bond motifs is 1. The molecule has 0 fully saturated rings. The van der Waals surface area contributed by atoms with Crippen LogP contribution in [0.2, 0.25) is 5.02 Å². The van der Waals surface area contributed by atoms with Crippen molar-refractivity contribution < 1.29 is 4.11 Å². The SMILES string of the molecule is [2H]C([2H])([2H])n1cc2c(Br)ccc(Cl)c2n1. The fourth-order valence-electron chi connectivity index (χ4n) is 1.04. The molecule has 0 saturated carbocycles. The Morgan fingerprint density at radius 2 is 2.50 bits per heavy atom. The Labute approximate surface area is 87.5 Å². The van der Waals surface area contributed by atoms with E-state index >= 15 is 0 Å². The second-order valence-electron chi connectivity index (χ2n) is 2.37. The highest BCUT2D eigenvalue weighted by Gasteiger charge is 2.05. The third kappa shape index (κ3) is 1.13. The molecule has 1 aromatic heterocycles. The van der Waals surface area contributed by atoms with Crippen LogP contribution in [-0.2, 0) is 6.98 Å². The van der Waals surface area contributed by atoms with Crippen LogP contribution in [0.25, 0.3) is 10.9 Å². The molecule has 2 nitrogen and oxygen atoms in total. The molecule has 0 aliphatic heterocycles. The molecule has 0 bridgehead atoms. The predicted octanol–water partition coefficient (Wildman–Crippen LogP) is 2.99. The summed E-state index contributed by atoms with van der Waals surface area (Å²) in [5, 5.41) is 5.07. The number of nitrogens with zero attached hydrogens (tertiary/aromatic N) is 2. The highest BCUT2D eigenvalue weighted by atomic mass is 79.9. The van der Waals surface area contributed by atoms with Gasteiger partial charge in [-0.2, -0.15) is 5.10 Å². The molecule has 0 radical (unpaired) electrons. The van der Waals surface area contributed by atoms with Crippen LogP contribution >= 0.6 is 27.5 Å². The quantitative estimate of drug-likeness (QED) is 0.701. The zero-order valence-electron chi connectivity index (χ0n) is 8.88. The van der Waals surface area contributed by atoms with Crippen molar-refractivity contribution in [2.45, 2.75) is 0 Å². The minimum Gasteiger partial charge on any atom is -0.275 e. The summed E-state index contributed by atoms with van der Waals surface area (Å²) in [5.41, 5.74) is 0.488. The fourth-order valence-corrected chi connectivity index (χ4v) is 1.67. The highest BCUT2D eigenvalue weighted by Crippen LogP contribution is 2.28. The lowest BCUT2D eigenvalue weighted by Crippen LogP contribution is -1.84. The maximum absolute atomic E-state index is 7.22. The number of rotatable bonds is 0. The summed E-state index contributed by atoms with van der Waals surface area (Å²) in [5.74, 6) is 0. The van der Waals surface area contributed by atoms with Gasteiger partial charge in [0.05, 0.1) is 5.02 Å². The molecule has 62 valence electrons. The molecule has 4 heteroatoms. The number of aromatic nitrogens is 2. The van der Waals surface area contributed by atoms with E-state index in [1.807, 2.05) is 0 Å². The van der Waals surface area contributed by atoms with Crippen molar-refractivity contribution in [2.75, 3.05) is 0 Å². The first-order valence-electron chi connectivity index (χ1n) is 4.73. The van der Waals surface area contributed by atoms with Crippen LogP contribution in [0.5, 0.6) is 0 Å². The van der Waals surface area contributed by atoms with Gasteiger partial charge in [-0.25, -0.2) is 0 Å². The molecule has 0 aliphatic rings. The first kappa shape index (κ1) is 5.25. The van der Waals surface area contributed by atoms with Crippen molar-refractivity contribution in [3.05, 3.63) is 27.8 Å². The summed E-state index contributed by atoms with van der Waals surface area (Å²) in [6.45, 7) is -2.28. The molecule has 2 aromatic rings. The number of hydrogen-bond acceptors (Lipinski definition) is 1. The van der Waals surface area contributed by atoms with Gasteiger partial charge in [0, 0.05) is 27.1 Å². The Kier molecular flexibility index (Phi) is 1.20. The maximum atomic E-state index is 7.22. The molecule has 1 aromatic carbocycles. The van der Waals surface area contributed by atoms with Crippen LogP contribution in [0.15, 0.2) is 22.8 Å². The van der Waals surface area contributed by atoms with Crippen molar-refractivity contribution in [1.29, 1.82) is 0 Å². The molecule has 0 atom stereocenters. The Morgan fingerprint density at radius 3 is 3.17 bits per heavy atom. The molecule has 0 amide bonds. The smallest absolute Gasteiger partial charge is 0.112 e. The maximum Gasteiger partial charge on any atom is 0.112 e. The third-order valence-corrected chi connectivity index (χ3v) is 2.57. The van der Waals surface area contributed by atoms with Gasteiger partial charge in [-0.05, 0) is 12.1 Å². The molecule has 2 rings (SSSR count). The van der Waals surface area contributed by atoms with Gasteiger partial charge in [-0.3, -0.25) is 4.68 Å². The van der Waals surface area contributed by atoms with E-state index in [1.54, 1.807) is 12.1 Å². The van der Waals surface area contributed by atoms with Gasteiger partial charge >= 0.3 is 0 Å². The van der Waals surface area contributed by atoms with Crippen LogP contribution in [0, 0.1) is 0 Å². The Hall–Kier alpha value is -0.540. The average Bonchev–Trinajstić information content (AvgIpc) is 2.56. The highest BCUT2D eigenvalue weighted by molar-refractivity contribution is 9.10. The van der Waals surface area contributed by atoms with E-state index in [0.29, 0.717) is 15.9 Å². The molecule has 0 unspecified atom stereocenters. The average molecular weight is 249 g/mol. The van der Waals surface area contributed by atoms with E-state index in [9.17, 15) is 0 Å². The number of halogens is 2. The summed E-state index contributed by atoms with van der Waals surface area (Å²) in [6.07, 6.45) is 1.46. The first-order valence-corrected chi connectivity index (χ1v) is 4.40. The van der Waals surface area contributed by atoms with Gasteiger partial charge in [-0.1, -0.05) is 27.5 Å². The van der Waals surface area contributed by atoms with Crippen LogP contribution < -0.4 is 0 Å². The Balaban J connectivity index is 2.76. The van der Waals surface area contributed by atoms with Crippen molar-refractivity contribution in [2.24, 2.45) is 6.98 Å². The standard InChI is InChI=1S/C8H6BrClN2/c1-12-4-5-6(9)2-3-7(10)8(5)11-12/h2-4H,1H3/i1D3. The molecule has 1 heterocycles. The molecule has 0 saturated heterocycles. The lowest BCUT2D eigenvalue weighted by molar-refractivity contribution is 0.780. The summed E-state index contributed by atoms with van der Waals surface area (Å²) in [4.78, 5) is 0. The second-order valence-corrected chi connectivity index (χ2v) is 3.63. The van der Waals surface area contributed by atoms with E-state index in [1.165, 1.54) is 6.20 Å². The van der Waals surface area contributed by atoms with Crippen LogP contribution in [0.3, 0.4) is 0 Å². The van der Waals surface area contributed by atoms with Crippen molar-refractivity contribution in [3.63, 3.8) is 0 Å². The Bertz CT molecular complexity index is 481. The summed E-state index contributed by atoms with van der Waals surface area (Å²) >= 11 is 9.23. The van der Waals surface area contributed by atoms with Crippen LogP contribution in [0.1, 0.15) is 4.11 Å². The Morgan fingerprint density at radius 1 is 1.67 bits per heavy atom.